The number of anilines is 1. The van der Waals surface area contributed by atoms with Crippen molar-refractivity contribution in [2.75, 3.05) is 11.8 Å². The topological polar surface area (TPSA) is 71.5 Å². The highest BCUT2D eigenvalue weighted by Crippen LogP contribution is 2.32. The summed E-state index contributed by atoms with van der Waals surface area (Å²) in [5, 5.41) is 12.8. The van der Waals surface area contributed by atoms with Crippen molar-refractivity contribution in [3.63, 3.8) is 0 Å². The molecule has 0 aliphatic rings. The molecule has 2 N–H and O–H groups in total. The Bertz CT molecular complexity index is 892. The second-order valence-electron chi connectivity index (χ2n) is 5.28. The smallest absolute Gasteiger partial charge is 0.335 e. The number of thiazole rings is 1. The molecule has 0 saturated heterocycles. The molecule has 0 radical (unpaired) electrons. The van der Waals surface area contributed by atoms with Crippen LogP contribution in [0.5, 0.6) is 5.75 Å². The number of benzene rings is 2. The van der Waals surface area contributed by atoms with Gasteiger partial charge in [0, 0.05) is 22.9 Å². The van der Waals surface area contributed by atoms with Crippen LogP contribution in [-0.2, 0) is 0 Å². The molecule has 0 unspecified atom stereocenters. The van der Waals surface area contributed by atoms with E-state index in [1.165, 1.54) is 36.8 Å². The maximum Gasteiger partial charge on any atom is 0.335 e. The van der Waals surface area contributed by atoms with E-state index in [9.17, 15) is 4.79 Å². The molecule has 0 atom stereocenters. The zero-order valence-corrected chi connectivity index (χ0v) is 15.3. The third-order valence-corrected chi connectivity index (χ3v) is 5.28. The van der Waals surface area contributed by atoms with E-state index in [1.807, 2.05) is 5.38 Å². The Balaban J connectivity index is 1.72. The van der Waals surface area contributed by atoms with Gasteiger partial charge >= 0.3 is 5.97 Å². The fourth-order valence-electron chi connectivity index (χ4n) is 2.15. The van der Waals surface area contributed by atoms with Gasteiger partial charge in [0.1, 0.15) is 15.8 Å². The molecule has 0 aliphatic heterocycles. The van der Waals surface area contributed by atoms with Crippen LogP contribution in [0.1, 0.15) is 15.9 Å². The van der Waals surface area contributed by atoms with E-state index in [0.29, 0.717) is 11.4 Å². The largest absolute Gasteiger partial charge is 0.495 e. The quantitative estimate of drug-likeness (QED) is 0.597. The van der Waals surface area contributed by atoms with Gasteiger partial charge in [0.15, 0.2) is 0 Å². The fraction of sp³-hybridized carbons (Fsp3) is 0.111. The van der Waals surface area contributed by atoms with Crippen LogP contribution in [0, 0.1) is 6.92 Å². The summed E-state index contributed by atoms with van der Waals surface area (Å²) in [7, 11) is 1.51. The Labute approximate surface area is 153 Å². The van der Waals surface area contributed by atoms with Gasteiger partial charge in [-0.3, -0.25) is 0 Å². The highest BCUT2D eigenvalue weighted by Gasteiger charge is 2.10. The number of aryl methyl sites for hydroxylation is 1. The van der Waals surface area contributed by atoms with Crippen molar-refractivity contribution in [2.24, 2.45) is 0 Å². The number of nitrogens with one attached hydrogen (secondary N) is 1. The lowest BCUT2D eigenvalue weighted by molar-refractivity contribution is 0.0696. The van der Waals surface area contributed by atoms with Gasteiger partial charge in [0.25, 0.3) is 0 Å². The zero-order valence-electron chi connectivity index (χ0n) is 13.6. The van der Waals surface area contributed by atoms with E-state index in [1.54, 1.807) is 17.4 Å². The molecule has 0 saturated carbocycles. The van der Waals surface area contributed by atoms with Gasteiger partial charge in [-0.1, -0.05) is 29.8 Å². The Morgan fingerprint density at radius 2 is 2.00 bits per heavy atom. The van der Waals surface area contributed by atoms with Crippen molar-refractivity contribution < 1.29 is 14.6 Å². The molecule has 0 aliphatic carbocycles. The SMILES string of the molecule is COc1cc(C(=O)O)ccc1NSc1csc(-c2ccc(C)cc2)n1. The number of carboxylic acid groups (broad SMARTS) is 1. The average molecular weight is 372 g/mol. The molecule has 1 aromatic heterocycles. The Morgan fingerprint density at radius 3 is 2.68 bits per heavy atom. The molecule has 5 nitrogen and oxygen atoms in total. The van der Waals surface area contributed by atoms with Crippen molar-refractivity contribution in [1.82, 2.24) is 4.98 Å². The predicted molar refractivity (Wildman–Crippen MR) is 102 cm³/mol. The summed E-state index contributed by atoms with van der Waals surface area (Å²) in [5.74, 6) is -0.513. The summed E-state index contributed by atoms with van der Waals surface area (Å²) in [6.45, 7) is 2.06. The van der Waals surface area contributed by atoms with E-state index in [4.69, 9.17) is 9.84 Å². The van der Waals surface area contributed by atoms with Crippen LogP contribution < -0.4 is 9.46 Å². The van der Waals surface area contributed by atoms with Crippen LogP contribution >= 0.6 is 23.3 Å². The third kappa shape index (κ3) is 4.12. The first kappa shape index (κ1) is 17.3. The van der Waals surface area contributed by atoms with E-state index >= 15 is 0 Å². The highest BCUT2D eigenvalue weighted by atomic mass is 32.2. The maximum absolute atomic E-state index is 11.0. The molecule has 25 heavy (non-hydrogen) atoms. The summed E-state index contributed by atoms with van der Waals surface area (Å²) in [6, 6.07) is 13.0. The average Bonchev–Trinajstić information content (AvgIpc) is 3.09. The first-order valence-corrected chi connectivity index (χ1v) is 9.13. The molecule has 3 rings (SSSR count). The summed E-state index contributed by atoms with van der Waals surface area (Å²) in [4.78, 5) is 15.6. The minimum Gasteiger partial charge on any atom is -0.495 e. The number of ether oxygens (including phenoxy) is 1. The van der Waals surface area contributed by atoms with Crippen molar-refractivity contribution in [1.29, 1.82) is 0 Å². The van der Waals surface area contributed by atoms with Gasteiger partial charge in [-0.25, -0.2) is 9.78 Å². The molecule has 0 amide bonds. The number of rotatable bonds is 6. The minimum absolute atomic E-state index is 0.183. The lowest BCUT2D eigenvalue weighted by Crippen LogP contribution is -1.99. The lowest BCUT2D eigenvalue weighted by atomic mass is 10.2. The van der Waals surface area contributed by atoms with Crippen LogP contribution in [0.15, 0.2) is 52.9 Å². The molecular weight excluding hydrogens is 356 g/mol. The number of carbonyl (C=O) groups is 1. The number of hydrogen-bond acceptors (Lipinski definition) is 6. The second-order valence-corrected chi connectivity index (χ2v) is 6.97. The number of carboxylic acids is 1. The molecule has 3 aromatic rings. The predicted octanol–water partition coefficient (Wildman–Crippen LogP) is 4.94. The number of hydrogen-bond donors (Lipinski definition) is 2. The van der Waals surface area contributed by atoms with Crippen LogP contribution in [0.4, 0.5) is 5.69 Å². The van der Waals surface area contributed by atoms with Gasteiger partial charge in [0.2, 0.25) is 0 Å². The Hall–Kier alpha value is -2.51. The van der Waals surface area contributed by atoms with Crippen LogP contribution in [0.3, 0.4) is 0 Å². The third-order valence-electron chi connectivity index (χ3n) is 3.50. The van der Waals surface area contributed by atoms with Crippen LogP contribution in [-0.4, -0.2) is 23.2 Å². The standard InChI is InChI=1S/C18H16N2O3S2/c1-11-3-5-12(6-4-11)17-19-16(10-24-17)25-20-14-8-7-13(18(21)22)9-15(14)23-2/h3-10,20H,1-2H3,(H,21,22). The van der Waals surface area contributed by atoms with E-state index in [-0.39, 0.29) is 5.56 Å². The summed E-state index contributed by atoms with van der Waals surface area (Å²) in [6.07, 6.45) is 0. The molecule has 1 heterocycles. The van der Waals surface area contributed by atoms with Crippen molar-refractivity contribution in [2.45, 2.75) is 11.9 Å². The van der Waals surface area contributed by atoms with E-state index < -0.39 is 5.97 Å². The van der Waals surface area contributed by atoms with Gasteiger partial charge < -0.3 is 14.6 Å². The van der Waals surface area contributed by atoms with Gasteiger partial charge in [-0.2, -0.15) is 0 Å². The molecule has 0 fully saturated rings. The van der Waals surface area contributed by atoms with Crippen LogP contribution in [0.25, 0.3) is 10.6 Å². The molecule has 2 aromatic carbocycles. The molecule has 128 valence electrons. The van der Waals surface area contributed by atoms with Gasteiger partial charge in [0.05, 0.1) is 18.4 Å². The number of aromatic carboxylic acids is 1. The lowest BCUT2D eigenvalue weighted by Gasteiger charge is -2.10. The normalized spacial score (nSPS) is 10.5. The van der Waals surface area contributed by atoms with E-state index in [2.05, 4.69) is 40.9 Å². The summed E-state index contributed by atoms with van der Waals surface area (Å²) in [5.41, 5.74) is 3.18. The zero-order chi connectivity index (χ0) is 17.8. The first-order chi connectivity index (χ1) is 12.1. The van der Waals surface area contributed by atoms with Crippen molar-refractivity contribution in [3.8, 4) is 16.3 Å². The minimum atomic E-state index is -0.986. The summed E-state index contributed by atoms with van der Waals surface area (Å²) >= 11 is 2.94. The maximum atomic E-state index is 11.0. The van der Waals surface area contributed by atoms with E-state index in [0.717, 1.165) is 15.6 Å². The number of aromatic nitrogens is 1. The highest BCUT2D eigenvalue weighted by molar-refractivity contribution is 8.00. The monoisotopic (exact) mass is 372 g/mol. The van der Waals surface area contributed by atoms with Crippen molar-refractivity contribution in [3.05, 3.63) is 59.0 Å². The second kappa shape index (κ2) is 7.58. The van der Waals surface area contributed by atoms with Crippen molar-refractivity contribution >= 4 is 34.9 Å². The van der Waals surface area contributed by atoms with Crippen LogP contribution in [0.2, 0.25) is 0 Å². The number of nitrogens with zero attached hydrogens (tertiary/aromatic N) is 1. The number of methoxy groups -OCH3 is 1. The van der Waals surface area contributed by atoms with Gasteiger partial charge in [-0.15, -0.1) is 11.3 Å². The first-order valence-electron chi connectivity index (χ1n) is 7.43. The Morgan fingerprint density at radius 1 is 1.24 bits per heavy atom. The molecule has 0 spiro atoms. The molecule has 0 bridgehead atoms. The summed E-state index contributed by atoms with van der Waals surface area (Å²) < 4.78 is 8.42. The van der Waals surface area contributed by atoms with Gasteiger partial charge in [-0.05, 0) is 25.1 Å². The molecule has 7 heteroatoms. The fourth-order valence-corrected chi connectivity index (χ4v) is 3.75. The molecular formula is C18H16N2O3S2. The Kier molecular flexibility index (Phi) is 5.25.